The van der Waals surface area contributed by atoms with Crippen LogP contribution in [0, 0.1) is 11.3 Å². The van der Waals surface area contributed by atoms with Gasteiger partial charge in [-0.3, -0.25) is 4.98 Å². The molecular formula is C84H50N8. The third-order valence-electron chi connectivity index (χ3n) is 19.5. The second-order valence-electron chi connectivity index (χ2n) is 24.2. The van der Waals surface area contributed by atoms with E-state index in [1.54, 1.807) is 0 Å². The summed E-state index contributed by atoms with van der Waals surface area (Å²) in [7, 11) is 0. The van der Waals surface area contributed by atoms with Crippen LogP contribution in [0.1, 0.15) is 5.56 Å². The van der Waals surface area contributed by atoms with Gasteiger partial charge in [-0.05, 0) is 152 Å². The fourth-order valence-electron chi connectivity index (χ4n) is 15.7. The van der Waals surface area contributed by atoms with E-state index in [-0.39, 0.29) is 0 Å². The number of hydrogen-bond acceptors (Lipinski definition) is 2. The Hall–Kier alpha value is -12.7. The molecule has 0 atom stereocenters. The van der Waals surface area contributed by atoms with Crippen molar-refractivity contribution in [2.75, 3.05) is 0 Å². The molecule has 0 aliphatic heterocycles. The highest BCUT2D eigenvalue weighted by Crippen LogP contribution is 2.45. The van der Waals surface area contributed by atoms with Gasteiger partial charge in [0.15, 0.2) is 0 Å². The molecule has 0 N–H and O–H groups in total. The molecule has 20 aromatic rings. The van der Waals surface area contributed by atoms with Crippen molar-refractivity contribution in [2.45, 2.75) is 0 Å². The van der Waals surface area contributed by atoms with E-state index in [0.717, 1.165) is 133 Å². The molecule has 0 radical (unpaired) electrons. The highest BCUT2D eigenvalue weighted by Gasteiger charge is 2.26. The van der Waals surface area contributed by atoms with E-state index < -0.39 is 0 Å². The van der Waals surface area contributed by atoms with Crippen molar-refractivity contribution < 1.29 is 0 Å². The van der Waals surface area contributed by atoms with Crippen LogP contribution in [0.4, 0.5) is 0 Å². The molecule has 20 rings (SSSR count). The van der Waals surface area contributed by atoms with Gasteiger partial charge < -0.3 is 27.4 Å². The number of benzene rings is 13. The van der Waals surface area contributed by atoms with Gasteiger partial charge in [-0.15, -0.1) is 0 Å². The zero-order valence-electron chi connectivity index (χ0n) is 49.4. The quantitative estimate of drug-likeness (QED) is 0.160. The molecular weight excluding hydrogens is 1120 g/mol. The van der Waals surface area contributed by atoms with Crippen LogP contribution in [-0.2, 0) is 0 Å². The monoisotopic (exact) mass is 1170 g/mol. The van der Waals surface area contributed by atoms with Crippen LogP contribution < -0.4 is 0 Å². The van der Waals surface area contributed by atoms with Gasteiger partial charge in [-0.1, -0.05) is 146 Å². The Labute approximate surface area is 526 Å². The molecule has 13 aromatic carbocycles. The standard InChI is InChI=1S/C84H50N8/c85-51-52-35-40-82(91-78-41-36-53(87-70-26-9-1-18-57(70)58-19-2-10-27-71(58)87)47-65(78)66-48-54(37-42-79(66)91)88-72-28-11-3-20-59(72)60-21-4-12-29-73(60)88)69(46-52)84-83(34-17-45-86-84)92-80-43-38-55(89-74-30-13-5-22-61(74)62-23-6-14-31-75(62)89)49-67(80)68-50-56(39-44-81(68)92)90-76-32-15-7-24-63(76)64-25-8-16-33-77(64)90/h1-50H. The Kier molecular flexibility index (Phi) is 10.5. The number of rotatable bonds is 7. The normalized spacial score (nSPS) is 12.1. The van der Waals surface area contributed by atoms with Gasteiger partial charge in [0, 0.05) is 99.1 Å². The zero-order valence-corrected chi connectivity index (χ0v) is 49.4. The molecule has 92 heavy (non-hydrogen) atoms. The Morgan fingerprint density at radius 1 is 0.228 bits per heavy atom. The predicted molar refractivity (Wildman–Crippen MR) is 380 cm³/mol. The van der Waals surface area contributed by atoms with Crippen LogP contribution in [-0.4, -0.2) is 32.4 Å². The van der Waals surface area contributed by atoms with Crippen molar-refractivity contribution in [2.24, 2.45) is 0 Å². The van der Waals surface area contributed by atoms with Gasteiger partial charge >= 0.3 is 0 Å². The SMILES string of the molecule is N#Cc1ccc(-n2c3ccc(-n4c5ccccc5c5ccccc54)cc3c3cc(-n4c5ccccc5c5ccccc54)ccc32)c(-c2ncccc2-n2c3ccc(-n4c5ccccc5c5ccccc54)cc3c3cc(-n4c5ccccc5c5ccccc54)ccc32)c1. The molecule has 8 nitrogen and oxygen atoms in total. The van der Waals surface area contributed by atoms with Gasteiger partial charge in [0.25, 0.3) is 0 Å². The summed E-state index contributed by atoms with van der Waals surface area (Å²) in [5.41, 5.74) is 21.5. The minimum Gasteiger partial charge on any atom is -0.309 e. The molecule has 7 aromatic heterocycles. The first-order valence-electron chi connectivity index (χ1n) is 31.2. The van der Waals surface area contributed by atoms with E-state index in [9.17, 15) is 5.26 Å². The average Bonchev–Trinajstić information content (AvgIpc) is 1.58. The van der Waals surface area contributed by atoms with Crippen molar-refractivity contribution in [1.82, 2.24) is 32.4 Å². The second kappa shape index (κ2) is 19.2. The fourth-order valence-corrected chi connectivity index (χ4v) is 15.7. The molecule has 8 heteroatoms. The highest BCUT2D eigenvalue weighted by molar-refractivity contribution is 6.17. The summed E-state index contributed by atoms with van der Waals surface area (Å²) in [5, 5.41) is 25.0. The van der Waals surface area contributed by atoms with E-state index in [2.05, 4.69) is 313 Å². The molecule has 0 amide bonds. The number of fused-ring (bicyclic) bond motifs is 18. The van der Waals surface area contributed by atoms with Crippen molar-refractivity contribution in [3.63, 3.8) is 0 Å². The molecule has 0 aliphatic carbocycles. The van der Waals surface area contributed by atoms with Crippen LogP contribution in [0.3, 0.4) is 0 Å². The minimum absolute atomic E-state index is 0.539. The number of nitrogens with zero attached hydrogens (tertiary/aromatic N) is 8. The second-order valence-corrected chi connectivity index (χ2v) is 24.2. The molecule has 0 bridgehead atoms. The summed E-state index contributed by atoms with van der Waals surface area (Å²) >= 11 is 0. The van der Waals surface area contributed by atoms with Crippen molar-refractivity contribution in [3.8, 4) is 51.5 Å². The van der Waals surface area contributed by atoms with Gasteiger partial charge in [-0.2, -0.15) is 5.26 Å². The molecule has 7 heterocycles. The summed E-state index contributed by atoms with van der Waals surface area (Å²) in [6.07, 6.45) is 1.89. The number of pyridine rings is 1. The molecule has 0 unspecified atom stereocenters. The maximum Gasteiger partial charge on any atom is 0.0991 e. The van der Waals surface area contributed by atoms with Crippen LogP contribution in [0.25, 0.3) is 176 Å². The summed E-state index contributed by atoms with van der Waals surface area (Å²) in [4.78, 5) is 5.43. The Bertz CT molecular complexity index is 6050. The third kappa shape index (κ3) is 7.01. The number of nitriles is 1. The first-order chi connectivity index (χ1) is 45.6. The highest BCUT2D eigenvalue weighted by atomic mass is 15.0. The van der Waals surface area contributed by atoms with Crippen molar-refractivity contribution >= 4 is 131 Å². The van der Waals surface area contributed by atoms with E-state index in [1.807, 2.05) is 24.4 Å². The lowest BCUT2D eigenvalue weighted by Crippen LogP contribution is -2.04. The van der Waals surface area contributed by atoms with Crippen molar-refractivity contribution in [3.05, 3.63) is 309 Å². The van der Waals surface area contributed by atoms with Crippen molar-refractivity contribution in [1.29, 1.82) is 5.26 Å². The molecule has 0 aliphatic rings. The van der Waals surface area contributed by atoms with E-state index in [4.69, 9.17) is 4.98 Å². The third-order valence-corrected chi connectivity index (χ3v) is 19.5. The predicted octanol–water partition coefficient (Wildman–Crippen LogP) is 21.2. The number of hydrogen-bond donors (Lipinski definition) is 0. The number of aromatic nitrogens is 7. The van der Waals surface area contributed by atoms with E-state index in [1.165, 1.54) is 43.1 Å². The number of para-hydroxylation sites is 8. The zero-order chi connectivity index (χ0) is 60.3. The van der Waals surface area contributed by atoms with Gasteiger partial charge in [0.1, 0.15) is 0 Å². The first-order valence-corrected chi connectivity index (χ1v) is 31.2. The van der Waals surface area contributed by atoms with Gasteiger partial charge in [0.2, 0.25) is 0 Å². The maximum atomic E-state index is 10.9. The molecule has 0 saturated carbocycles. The smallest absolute Gasteiger partial charge is 0.0991 e. The maximum absolute atomic E-state index is 10.9. The van der Waals surface area contributed by atoms with E-state index >= 15 is 0 Å². The Morgan fingerprint density at radius 2 is 0.500 bits per heavy atom. The molecule has 426 valence electrons. The summed E-state index contributed by atoms with van der Waals surface area (Å²) in [6, 6.07) is 110. The first kappa shape index (κ1) is 50.3. The molecule has 0 fully saturated rings. The minimum atomic E-state index is 0.539. The Balaban J connectivity index is 0.847. The van der Waals surface area contributed by atoms with Gasteiger partial charge in [-0.25, -0.2) is 0 Å². The topological polar surface area (TPSA) is 66.3 Å². The average molecular weight is 1170 g/mol. The van der Waals surface area contributed by atoms with Crippen LogP contribution in [0.5, 0.6) is 0 Å². The lowest BCUT2D eigenvalue weighted by molar-refractivity contribution is 1.12. The van der Waals surface area contributed by atoms with Crippen LogP contribution >= 0.6 is 0 Å². The summed E-state index contributed by atoms with van der Waals surface area (Å²) < 4.78 is 14.4. The summed E-state index contributed by atoms with van der Waals surface area (Å²) in [5.74, 6) is 0. The van der Waals surface area contributed by atoms with E-state index in [0.29, 0.717) is 5.56 Å². The lowest BCUT2D eigenvalue weighted by Gasteiger charge is -2.18. The van der Waals surface area contributed by atoms with Crippen LogP contribution in [0.15, 0.2) is 303 Å². The molecule has 0 saturated heterocycles. The van der Waals surface area contributed by atoms with Crippen LogP contribution in [0.2, 0.25) is 0 Å². The summed E-state index contributed by atoms with van der Waals surface area (Å²) in [6.45, 7) is 0. The van der Waals surface area contributed by atoms with Gasteiger partial charge in [0.05, 0.1) is 94.9 Å². The fraction of sp³-hybridized carbons (Fsp3) is 0. The largest absolute Gasteiger partial charge is 0.309 e. The molecule has 0 spiro atoms. The Morgan fingerprint density at radius 3 is 0.793 bits per heavy atom. The lowest BCUT2D eigenvalue weighted by atomic mass is 10.0.